The van der Waals surface area contributed by atoms with E-state index in [0.717, 1.165) is 0 Å². The van der Waals surface area contributed by atoms with Crippen LogP contribution in [0.4, 0.5) is 0 Å². The second-order valence-corrected chi connectivity index (χ2v) is 7.39. The highest BCUT2D eigenvalue weighted by Gasteiger charge is 2.24. The average Bonchev–Trinajstić information content (AvgIpc) is 2.76. The van der Waals surface area contributed by atoms with E-state index in [4.69, 9.17) is 15.3 Å². The van der Waals surface area contributed by atoms with Gasteiger partial charge in [0, 0.05) is 11.1 Å². The van der Waals surface area contributed by atoms with Gasteiger partial charge < -0.3 is 10.0 Å². The summed E-state index contributed by atoms with van der Waals surface area (Å²) < 4.78 is 30.4. The van der Waals surface area contributed by atoms with Crippen molar-refractivity contribution < 1.29 is 17.4 Å². The predicted octanol–water partition coefficient (Wildman–Crippen LogP) is 2.87. The van der Waals surface area contributed by atoms with E-state index in [0.29, 0.717) is 5.56 Å². The number of nitriles is 1. The molecule has 0 amide bonds. The van der Waals surface area contributed by atoms with E-state index in [1.165, 1.54) is 48.5 Å². The molecule has 0 aliphatic rings. The number of nitrogens with zero attached hydrogens (tertiary/aromatic N) is 2. The number of ketones is 1. The molecule has 0 saturated carbocycles. The Morgan fingerprint density at radius 2 is 1.55 bits per heavy atom. The summed E-state index contributed by atoms with van der Waals surface area (Å²) in [7, 11) is -4.12. The van der Waals surface area contributed by atoms with Crippen LogP contribution in [-0.4, -0.2) is 19.9 Å². The second-order valence-electron chi connectivity index (χ2n) is 5.84. The van der Waals surface area contributed by atoms with Crippen LogP contribution in [-0.2, 0) is 10.1 Å². The maximum Gasteiger partial charge on any atom is 0.339 e. The number of hydrogen-bond acceptors (Lipinski definition) is 7. The zero-order valence-corrected chi connectivity index (χ0v) is 15.8. The van der Waals surface area contributed by atoms with Crippen molar-refractivity contribution in [3.05, 3.63) is 95.6 Å². The largest absolute Gasteiger partial charge is 0.378 e. The lowest BCUT2D eigenvalue weighted by Crippen LogP contribution is -2.20. The third-order valence-electron chi connectivity index (χ3n) is 3.99. The topological polar surface area (TPSA) is 123 Å². The summed E-state index contributed by atoms with van der Waals surface area (Å²) >= 11 is 0. The second kappa shape index (κ2) is 8.37. The number of hydrogen-bond donors (Lipinski definition) is 1. The number of hydrazone groups is 1. The highest BCUT2D eigenvalue weighted by Crippen LogP contribution is 2.25. The summed E-state index contributed by atoms with van der Waals surface area (Å²) in [5.41, 5.74) is 0.594. The van der Waals surface area contributed by atoms with Crippen LogP contribution < -0.4 is 10.0 Å². The molecule has 2 N–H and O–H groups in total. The molecule has 0 spiro atoms. The van der Waals surface area contributed by atoms with Gasteiger partial charge in [-0.25, -0.2) is 0 Å². The van der Waals surface area contributed by atoms with Crippen LogP contribution >= 0.6 is 0 Å². The highest BCUT2D eigenvalue weighted by molar-refractivity contribution is 7.87. The standard InChI is InChI=1S/C21H15N3O4S/c22-14-15-10-12-16(13-11-15)21(25)20(24-23)18-8-4-5-9-19(18)28-29(26,27)17-6-2-1-3-7-17/h1-13H,23H2/b24-20+. The first-order valence-electron chi connectivity index (χ1n) is 8.38. The molecule has 8 heteroatoms. The van der Waals surface area contributed by atoms with Crippen molar-refractivity contribution in [2.75, 3.05) is 0 Å². The van der Waals surface area contributed by atoms with Crippen molar-refractivity contribution in [3.8, 4) is 11.8 Å². The Bertz CT molecular complexity index is 1210. The SMILES string of the molecule is N#Cc1ccc(C(=O)/C(=N/N)c2ccccc2OS(=O)(=O)c2ccccc2)cc1. The summed E-state index contributed by atoms with van der Waals surface area (Å²) in [6, 6.07) is 21.6. The normalized spacial score (nSPS) is 11.5. The van der Waals surface area contributed by atoms with Crippen LogP contribution in [0.25, 0.3) is 0 Å². The summed E-state index contributed by atoms with van der Waals surface area (Å²) in [4.78, 5) is 12.8. The molecule has 0 saturated heterocycles. The van der Waals surface area contributed by atoms with Gasteiger partial charge >= 0.3 is 10.1 Å². The minimum absolute atomic E-state index is 0.0283. The third kappa shape index (κ3) is 4.31. The Kier molecular flexibility index (Phi) is 5.71. The monoisotopic (exact) mass is 405 g/mol. The number of carbonyl (C=O) groups is 1. The molecule has 0 fully saturated rings. The summed E-state index contributed by atoms with van der Waals surface area (Å²) in [5.74, 6) is 4.83. The number of nitrogens with two attached hydrogens (primary N) is 1. The molecule has 0 aromatic heterocycles. The fourth-order valence-corrected chi connectivity index (χ4v) is 3.54. The van der Waals surface area contributed by atoms with Crippen molar-refractivity contribution >= 4 is 21.6 Å². The molecule has 0 unspecified atom stereocenters. The molecular formula is C21H15N3O4S. The quantitative estimate of drug-likeness (QED) is 0.221. The fraction of sp³-hybridized carbons (Fsp3) is 0. The van der Waals surface area contributed by atoms with Gasteiger partial charge in [0.25, 0.3) is 0 Å². The Morgan fingerprint density at radius 3 is 2.17 bits per heavy atom. The van der Waals surface area contributed by atoms with Gasteiger partial charge in [0.05, 0.1) is 11.6 Å². The van der Waals surface area contributed by atoms with Crippen LogP contribution in [0.1, 0.15) is 21.5 Å². The van der Waals surface area contributed by atoms with E-state index in [2.05, 4.69) is 5.10 Å². The number of para-hydroxylation sites is 1. The smallest absolute Gasteiger partial charge is 0.339 e. The van der Waals surface area contributed by atoms with E-state index in [1.807, 2.05) is 6.07 Å². The molecule has 3 aromatic carbocycles. The molecule has 29 heavy (non-hydrogen) atoms. The van der Waals surface area contributed by atoms with Crippen LogP contribution in [0.5, 0.6) is 5.75 Å². The Morgan fingerprint density at radius 1 is 0.931 bits per heavy atom. The lowest BCUT2D eigenvalue weighted by Gasteiger charge is -2.12. The van der Waals surface area contributed by atoms with E-state index in [9.17, 15) is 13.2 Å². The van der Waals surface area contributed by atoms with E-state index in [1.54, 1.807) is 30.3 Å². The van der Waals surface area contributed by atoms with Gasteiger partial charge in [0.15, 0.2) is 5.75 Å². The molecule has 0 radical (unpaired) electrons. The van der Waals surface area contributed by atoms with Gasteiger partial charge in [-0.2, -0.15) is 18.8 Å². The molecule has 7 nitrogen and oxygen atoms in total. The lowest BCUT2D eigenvalue weighted by molar-refractivity contribution is 0.106. The van der Waals surface area contributed by atoms with E-state index >= 15 is 0 Å². The van der Waals surface area contributed by atoms with E-state index < -0.39 is 15.9 Å². The van der Waals surface area contributed by atoms with E-state index in [-0.39, 0.29) is 27.5 Å². The van der Waals surface area contributed by atoms with Crippen molar-refractivity contribution in [1.29, 1.82) is 5.26 Å². The summed E-state index contributed by atoms with van der Waals surface area (Å²) in [6.45, 7) is 0. The zero-order chi connectivity index (χ0) is 20.9. The van der Waals surface area contributed by atoms with Crippen molar-refractivity contribution in [2.45, 2.75) is 4.90 Å². The Hall–Kier alpha value is -3.96. The number of carbonyl (C=O) groups excluding carboxylic acids is 1. The number of Topliss-reactive ketones (excluding diaryl/α,β-unsaturated/α-hetero) is 1. The molecule has 144 valence electrons. The van der Waals surface area contributed by atoms with Gasteiger partial charge in [-0.15, -0.1) is 0 Å². The first-order chi connectivity index (χ1) is 14.0. The van der Waals surface area contributed by atoms with Crippen molar-refractivity contribution in [3.63, 3.8) is 0 Å². The molecule has 0 aliphatic heterocycles. The van der Waals surface area contributed by atoms with Crippen LogP contribution in [0.2, 0.25) is 0 Å². The molecule has 0 bridgehead atoms. The maximum absolute atomic E-state index is 12.9. The molecular weight excluding hydrogens is 390 g/mol. The third-order valence-corrected chi connectivity index (χ3v) is 5.24. The molecule has 0 heterocycles. The number of benzene rings is 3. The average molecular weight is 405 g/mol. The van der Waals surface area contributed by atoms with Gasteiger partial charge in [-0.3, -0.25) is 4.79 Å². The maximum atomic E-state index is 12.9. The first kappa shape index (κ1) is 19.8. The zero-order valence-electron chi connectivity index (χ0n) is 15.0. The van der Waals surface area contributed by atoms with Crippen LogP contribution in [0, 0.1) is 11.3 Å². The fourth-order valence-electron chi connectivity index (χ4n) is 2.57. The highest BCUT2D eigenvalue weighted by atomic mass is 32.2. The Balaban J connectivity index is 1.98. The minimum atomic E-state index is -4.12. The van der Waals surface area contributed by atoms with Crippen molar-refractivity contribution in [2.24, 2.45) is 10.9 Å². The minimum Gasteiger partial charge on any atom is -0.378 e. The number of rotatable bonds is 6. The summed E-state index contributed by atoms with van der Waals surface area (Å²) in [6.07, 6.45) is 0. The molecule has 3 rings (SSSR count). The van der Waals surface area contributed by atoms with Gasteiger partial charge in [0.2, 0.25) is 5.78 Å². The predicted molar refractivity (Wildman–Crippen MR) is 107 cm³/mol. The van der Waals surface area contributed by atoms with Crippen LogP contribution in [0.3, 0.4) is 0 Å². The van der Waals surface area contributed by atoms with Crippen LogP contribution in [0.15, 0.2) is 88.9 Å². The van der Waals surface area contributed by atoms with Gasteiger partial charge in [-0.05, 0) is 48.5 Å². The first-order valence-corrected chi connectivity index (χ1v) is 9.79. The molecule has 0 atom stereocenters. The lowest BCUT2D eigenvalue weighted by atomic mass is 9.99. The van der Waals surface area contributed by atoms with Crippen molar-refractivity contribution in [1.82, 2.24) is 0 Å². The molecule has 0 aliphatic carbocycles. The Labute approximate surface area is 167 Å². The van der Waals surface area contributed by atoms with Gasteiger partial charge in [0.1, 0.15) is 10.6 Å². The van der Waals surface area contributed by atoms with Gasteiger partial charge in [-0.1, -0.05) is 30.3 Å². The molecule has 3 aromatic rings. The summed E-state index contributed by atoms with van der Waals surface area (Å²) in [5, 5.41) is 12.5.